The molecule has 0 unspecified atom stereocenters. The van der Waals surface area contributed by atoms with Gasteiger partial charge < -0.3 is 15.1 Å². The molecule has 1 aliphatic rings. The Morgan fingerprint density at radius 1 is 1.33 bits per heavy atom. The Labute approximate surface area is 143 Å². The van der Waals surface area contributed by atoms with Crippen LogP contribution in [-0.2, 0) is 14.6 Å². The largest absolute Gasteiger partial charge is 0.481 e. The van der Waals surface area contributed by atoms with Crippen LogP contribution in [0.25, 0.3) is 0 Å². The summed E-state index contributed by atoms with van der Waals surface area (Å²) in [4.78, 5) is 13.9. The van der Waals surface area contributed by atoms with Gasteiger partial charge in [-0.3, -0.25) is 4.79 Å². The summed E-state index contributed by atoms with van der Waals surface area (Å²) in [7, 11) is -3.39. The van der Waals surface area contributed by atoms with Crippen molar-refractivity contribution in [1.29, 1.82) is 0 Å². The van der Waals surface area contributed by atoms with Crippen molar-refractivity contribution < 1.29 is 23.4 Å². The molecule has 1 aliphatic heterocycles. The predicted molar refractivity (Wildman–Crippen MR) is 90.5 cm³/mol. The third-order valence-electron chi connectivity index (χ3n) is 4.76. The number of carboxylic acid groups (broad SMARTS) is 1. The minimum absolute atomic E-state index is 0.0606. The molecule has 1 aromatic carbocycles. The van der Waals surface area contributed by atoms with Crippen molar-refractivity contribution >= 4 is 15.8 Å². The highest BCUT2D eigenvalue weighted by Gasteiger charge is 2.48. The molecule has 1 heterocycles. The fraction of sp³-hybridized carbons (Fsp3) is 0.588. The van der Waals surface area contributed by atoms with Crippen LogP contribution in [0.3, 0.4) is 0 Å². The number of aliphatic hydroxyl groups excluding tert-OH is 1. The second-order valence-corrected chi connectivity index (χ2v) is 8.53. The van der Waals surface area contributed by atoms with Crippen LogP contribution in [0, 0.1) is 5.41 Å². The SMILES string of the molecule is CCC[C@@]1(C(=O)O)CN(CCS(=O)(=O)c2ccccc2)CC[C@@H]1O. The zero-order valence-corrected chi connectivity index (χ0v) is 14.7. The summed E-state index contributed by atoms with van der Waals surface area (Å²) >= 11 is 0. The highest BCUT2D eigenvalue weighted by atomic mass is 32.2. The summed E-state index contributed by atoms with van der Waals surface area (Å²) in [6, 6.07) is 8.25. The Kier molecular flexibility index (Phi) is 6.01. The summed E-state index contributed by atoms with van der Waals surface area (Å²) in [6.07, 6.45) is 0.486. The first-order valence-electron chi connectivity index (χ1n) is 8.23. The number of hydrogen-bond acceptors (Lipinski definition) is 5. The molecule has 0 aliphatic carbocycles. The van der Waals surface area contributed by atoms with Crippen LogP contribution in [0.4, 0.5) is 0 Å². The second-order valence-electron chi connectivity index (χ2n) is 6.42. The quantitative estimate of drug-likeness (QED) is 0.768. The molecule has 0 spiro atoms. The van der Waals surface area contributed by atoms with E-state index in [4.69, 9.17) is 0 Å². The van der Waals surface area contributed by atoms with Gasteiger partial charge in [-0.05, 0) is 25.0 Å². The third-order valence-corrected chi connectivity index (χ3v) is 6.47. The molecule has 24 heavy (non-hydrogen) atoms. The molecule has 0 bridgehead atoms. The normalized spacial score (nSPS) is 25.5. The van der Waals surface area contributed by atoms with E-state index in [9.17, 15) is 23.4 Å². The lowest BCUT2D eigenvalue weighted by atomic mass is 9.74. The number of aliphatic carboxylic acids is 1. The number of likely N-dealkylation sites (tertiary alicyclic amines) is 1. The molecule has 2 atom stereocenters. The maximum absolute atomic E-state index is 12.4. The van der Waals surface area contributed by atoms with Gasteiger partial charge in [-0.25, -0.2) is 8.42 Å². The smallest absolute Gasteiger partial charge is 0.313 e. The summed E-state index contributed by atoms with van der Waals surface area (Å²) in [5.41, 5.74) is -1.20. The average Bonchev–Trinajstić information content (AvgIpc) is 2.56. The lowest BCUT2D eigenvalue weighted by molar-refractivity contribution is -0.164. The standard InChI is InChI=1S/C17H25NO5S/c1-2-9-17(16(20)21)13-18(10-8-15(17)19)11-12-24(22,23)14-6-4-3-5-7-14/h3-7,15,19H,2,8-13H2,1H3,(H,20,21)/t15-,17+/m0/s1. The predicted octanol–water partition coefficient (Wildman–Crippen LogP) is 1.40. The molecule has 1 fully saturated rings. The molecule has 134 valence electrons. The van der Waals surface area contributed by atoms with E-state index in [-0.39, 0.29) is 23.7 Å². The van der Waals surface area contributed by atoms with Gasteiger partial charge in [0.1, 0.15) is 5.41 Å². The first-order chi connectivity index (χ1) is 11.3. The van der Waals surface area contributed by atoms with Gasteiger partial charge in [0.05, 0.1) is 16.8 Å². The van der Waals surface area contributed by atoms with Crippen LogP contribution in [0.1, 0.15) is 26.2 Å². The highest BCUT2D eigenvalue weighted by molar-refractivity contribution is 7.91. The van der Waals surface area contributed by atoms with E-state index in [1.807, 2.05) is 11.8 Å². The molecule has 0 radical (unpaired) electrons. The number of benzene rings is 1. The Morgan fingerprint density at radius 2 is 2.00 bits per heavy atom. The zero-order valence-electron chi connectivity index (χ0n) is 13.9. The van der Waals surface area contributed by atoms with Crippen LogP contribution >= 0.6 is 0 Å². The zero-order chi connectivity index (χ0) is 17.8. The number of carbonyl (C=O) groups is 1. The highest BCUT2D eigenvalue weighted by Crippen LogP contribution is 2.35. The van der Waals surface area contributed by atoms with Gasteiger partial charge in [-0.1, -0.05) is 31.5 Å². The van der Waals surface area contributed by atoms with Crippen molar-refractivity contribution in [2.45, 2.75) is 37.2 Å². The molecular weight excluding hydrogens is 330 g/mol. The van der Waals surface area contributed by atoms with E-state index in [0.29, 0.717) is 25.8 Å². The van der Waals surface area contributed by atoms with Crippen LogP contribution in [0.2, 0.25) is 0 Å². The fourth-order valence-corrected chi connectivity index (χ4v) is 4.67. The Balaban J connectivity index is 2.07. The Hall–Kier alpha value is -1.44. The third kappa shape index (κ3) is 3.96. The van der Waals surface area contributed by atoms with Gasteiger partial charge >= 0.3 is 5.97 Å². The number of nitrogens with zero attached hydrogens (tertiary/aromatic N) is 1. The molecular formula is C17H25NO5S. The van der Waals surface area contributed by atoms with Crippen molar-refractivity contribution in [3.05, 3.63) is 30.3 Å². The monoisotopic (exact) mass is 355 g/mol. The minimum atomic E-state index is -3.39. The summed E-state index contributed by atoms with van der Waals surface area (Å²) in [5, 5.41) is 19.8. The topological polar surface area (TPSA) is 94.9 Å². The Bertz CT molecular complexity index is 661. The van der Waals surface area contributed by atoms with E-state index >= 15 is 0 Å². The minimum Gasteiger partial charge on any atom is -0.481 e. The molecule has 1 saturated heterocycles. The van der Waals surface area contributed by atoms with Gasteiger partial charge in [0.15, 0.2) is 9.84 Å². The maximum atomic E-state index is 12.4. The number of hydrogen-bond donors (Lipinski definition) is 2. The summed E-state index contributed by atoms with van der Waals surface area (Å²) in [5.74, 6) is -1.07. The van der Waals surface area contributed by atoms with E-state index in [1.54, 1.807) is 30.3 Å². The Morgan fingerprint density at radius 3 is 2.58 bits per heavy atom. The van der Waals surface area contributed by atoms with Crippen LogP contribution in [0.5, 0.6) is 0 Å². The summed E-state index contributed by atoms with van der Waals surface area (Å²) < 4.78 is 24.7. The number of sulfone groups is 1. The molecule has 0 amide bonds. The van der Waals surface area contributed by atoms with Crippen molar-refractivity contribution in [2.24, 2.45) is 5.41 Å². The first kappa shape index (κ1) is 18.9. The van der Waals surface area contributed by atoms with Crippen molar-refractivity contribution in [1.82, 2.24) is 4.90 Å². The molecule has 1 aromatic rings. The fourth-order valence-electron chi connectivity index (χ4n) is 3.36. The van der Waals surface area contributed by atoms with E-state index in [2.05, 4.69) is 0 Å². The van der Waals surface area contributed by atoms with Gasteiger partial charge in [-0.15, -0.1) is 0 Å². The lowest BCUT2D eigenvalue weighted by Crippen LogP contribution is -2.56. The van der Waals surface area contributed by atoms with E-state index in [0.717, 1.165) is 0 Å². The molecule has 6 nitrogen and oxygen atoms in total. The maximum Gasteiger partial charge on any atom is 0.313 e. The van der Waals surface area contributed by atoms with Crippen molar-refractivity contribution in [3.63, 3.8) is 0 Å². The van der Waals surface area contributed by atoms with Crippen LogP contribution < -0.4 is 0 Å². The number of carboxylic acids is 1. The first-order valence-corrected chi connectivity index (χ1v) is 9.88. The van der Waals surface area contributed by atoms with E-state index < -0.39 is 27.3 Å². The molecule has 2 N–H and O–H groups in total. The molecule has 2 rings (SSSR count). The van der Waals surface area contributed by atoms with Crippen molar-refractivity contribution in [3.8, 4) is 0 Å². The lowest BCUT2D eigenvalue weighted by Gasteiger charge is -2.43. The van der Waals surface area contributed by atoms with Gasteiger partial charge in [-0.2, -0.15) is 0 Å². The van der Waals surface area contributed by atoms with Crippen LogP contribution in [-0.4, -0.2) is 61.0 Å². The van der Waals surface area contributed by atoms with Gasteiger partial charge in [0.2, 0.25) is 0 Å². The van der Waals surface area contributed by atoms with E-state index in [1.165, 1.54) is 0 Å². The number of piperidine rings is 1. The molecule has 0 aromatic heterocycles. The van der Waals surface area contributed by atoms with Crippen molar-refractivity contribution in [2.75, 3.05) is 25.4 Å². The average molecular weight is 355 g/mol. The number of aliphatic hydroxyl groups is 1. The summed E-state index contributed by atoms with van der Waals surface area (Å²) in [6.45, 7) is 2.84. The van der Waals surface area contributed by atoms with Gasteiger partial charge in [0, 0.05) is 19.6 Å². The molecule has 7 heteroatoms. The van der Waals surface area contributed by atoms with Crippen LogP contribution in [0.15, 0.2) is 35.2 Å². The van der Waals surface area contributed by atoms with Gasteiger partial charge in [0.25, 0.3) is 0 Å². The number of rotatable bonds is 7. The second kappa shape index (κ2) is 7.63. The molecule has 0 saturated carbocycles.